The van der Waals surface area contributed by atoms with Gasteiger partial charge in [-0.25, -0.2) is 4.79 Å². The number of esters is 1. The van der Waals surface area contributed by atoms with Gasteiger partial charge in [0.15, 0.2) is 0 Å². The molecule has 0 aromatic rings. The van der Waals surface area contributed by atoms with E-state index in [1.807, 2.05) is 0 Å². The molecule has 7 nitrogen and oxygen atoms in total. The predicted octanol–water partition coefficient (Wildman–Crippen LogP) is 0.285. The average molecular weight is 279 g/mol. The molecule has 0 amide bonds. The zero-order valence-electron chi connectivity index (χ0n) is 9.77. The van der Waals surface area contributed by atoms with Crippen LogP contribution in [-0.4, -0.2) is 41.4 Å². The fourth-order valence-electron chi connectivity index (χ4n) is 1.34. The highest BCUT2D eigenvalue weighted by atomic mass is 32.2. The number of ether oxygens (including phenoxy) is 1. The summed E-state index contributed by atoms with van der Waals surface area (Å²) in [5.74, 6) is -3.28. The Labute approximate surface area is 105 Å². The molecule has 0 aromatic heterocycles. The van der Waals surface area contributed by atoms with E-state index in [0.717, 1.165) is 6.08 Å². The lowest BCUT2D eigenvalue weighted by Gasteiger charge is -2.25. The molecule has 1 radical (unpaired) electrons. The lowest BCUT2D eigenvalue weighted by atomic mass is 9.96. The number of carboxylic acid groups (broad SMARTS) is 1. The molecule has 103 valence electrons. The van der Waals surface area contributed by atoms with Crippen LogP contribution in [0.2, 0.25) is 0 Å². The molecule has 0 heterocycles. The van der Waals surface area contributed by atoms with Gasteiger partial charge in [0.2, 0.25) is 0 Å². The van der Waals surface area contributed by atoms with Crippen molar-refractivity contribution in [3.8, 4) is 0 Å². The first-order valence-corrected chi connectivity index (χ1v) is 6.44. The summed E-state index contributed by atoms with van der Waals surface area (Å²) in [5.41, 5.74) is 0. The van der Waals surface area contributed by atoms with E-state index in [-0.39, 0.29) is 0 Å². The zero-order chi connectivity index (χ0) is 14.5. The van der Waals surface area contributed by atoms with E-state index in [9.17, 15) is 18.0 Å². The summed E-state index contributed by atoms with van der Waals surface area (Å²) >= 11 is 0. The van der Waals surface area contributed by atoms with Gasteiger partial charge in [0.25, 0.3) is 10.1 Å². The summed E-state index contributed by atoms with van der Waals surface area (Å²) in [6, 6.07) is 0. The van der Waals surface area contributed by atoms with E-state index in [1.165, 1.54) is 6.92 Å². The number of carboxylic acids is 1. The van der Waals surface area contributed by atoms with Gasteiger partial charge in [-0.15, -0.1) is 0 Å². The topological polar surface area (TPSA) is 118 Å². The second-order valence-electron chi connectivity index (χ2n) is 3.66. The van der Waals surface area contributed by atoms with Crippen LogP contribution in [0.15, 0.2) is 12.7 Å². The van der Waals surface area contributed by atoms with Crippen molar-refractivity contribution in [3.63, 3.8) is 0 Å². The Bertz CT molecular complexity index is 426. The highest BCUT2D eigenvalue weighted by Gasteiger charge is 2.35. The SMILES string of the molecule is [CH2]C(C(CC(=O)O)C(C)OC(=O)C=C)S(=O)(=O)O. The van der Waals surface area contributed by atoms with Crippen LogP contribution in [0.5, 0.6) is 0 Å². The molecule has 2 N–H and O–H groups in total. The Balaban J connectivity index is 5.04. The molecule has 8 heteroatoms. The maximum Gasteiger partial charge on any atom is 0.330 e. The zero-order valence-corrected chi connectivity index (χ0v) is 10.6. The minimum absolute atomic E-state index is 0.612. The van der Waals surface area contributed by atoms with Crippen LogP contribution in [0.1, 0.15) is 13.3 Å². The normalized spacial score (nSPS) is 16.4. The van der Waals surface area contributed by atoms with Gasteiger partial charge in [0, 0.05) is 12.0 Å². The van der Waals surface area contributed by atoms with Gasteiger partial charge in [-0.05, 0) is 13.8 Å². The third-order valence-corrected chi connectivity index (χ3v) is 3.46. The van der Waals surface area contributed by atoms with E-state index >= 15 is 0 Å². The number of rotatable bonds is 7. The van der Waals surface area contributed by atoms with Gasteiger partial charge in [0.05, 0.1) is 11.7 Å². The molecule has 0 saturated carbocycles. The quantitative estimate of drug-likeness (QED) is 0.390. The summed E-state index contributed by atoms with van der Waals surface area (Å²) in [5, 5.41) is 7.06. The molecule has 0 spiro atoms. The van der Waals surface area contributed by atoms with Crippen molar-refractivity contribution in [2.75, 3.05) is 0 Å². The molecule has 0 bridgehead atoms. The van der Waals surface area contributed by atoms with Crippen molar-refractivity contribution in [1.29, 1.82) is 0 Å². The maximum absolute atomic E-state index is 11.0. The summed E-state index contributed by atoms with van der Waals surface area (Å²) in [6.07, 6.45) is -0.796. The number of carbonyl (C=O) groups excluding carboxylic acids is 1. The molecule has 0 aliphatic rings. The minimum Gasteiger partial charge on any atom is -0.481 e. The Morgan fingerprint density at radius 3 is 2.28 bits per heavy atom. The third kappa shape index (κ3) is 5.28. The molecule has 0 aromatic carbocycles. The first-order valence-electron chi connectivity index (χ1n) is 4.93. The predicted molar refractivity (Wildman–Crippen MR) is 62.2 cm³/mol. The Kier molecular flexibility index (Phi) is 5.99. The van der Waals surface area contributed by atoms with Crippen LogP contribution in [0.25, 0.3) is 0 Å². The molecular formula is C10H15O7S. The van der Waals surface area contributed by atoms with Gasteiger partial charge >= 0.3 is 11.9 Å². The van der Waals surface area contributed by atoms with Crippen molar-refractivity contribution in [2.24, 2.45) is 5.92 Å². The van der Waals surface area contributed by atoms with Crippen molar-refractivity contribution in [3.05, 3.63) is 19.6 Å². The standard InChI is InChI=1S/C10H15O7S/c1-4-10(13)17-6(2)8(5-9(11)12)7(3)18(14,15)16/h4,6-8H,1,3,5H2,2H3,(H,11,12)(H,14,15,16). The van der Waals surface area contributed by atoms with Gasteiger partial charge in [-0.1, -0.05) is 6.58 Å². The molecule has 0 saturated heterocycles. The van der Waals surface area contributed by atoms with Crippen molar-refractivity contribution in [1.82, 2.24) is 0 Å². The van der Waals surface area contributed by atoms with E-state index in [1.54, 1.807) is 0 Å². The number of hydrogen-bond acceptors (Lipinski definition) is 5. The number of carbonyl (C=O) groups is 2. The lowest BCUT2D eigenvalue weighted by molar-refractivity contribution is -0.148. The Morgan fingerprint density at radius 1 is 1.44 bits per heavy atom. The van der Waals surface area contributed by atoms with E-state index < -0.39 is 45.7 Å². The molecule has 3 atom stereocenters. The second kappa shape index (κ2) is 6.50. The molecule has 3 unspecified atom stereocenters. The van der Waals surface area contributed by atoms with Crippen molar-refractivity contribution < 1.29 is 32.4 Å². The Morgan fingerprint density at radius 2 is 1.94 bits per heavy atom. The molecule has 18 heavy (non-hydrogen) atoms. The average Bonchev–Trinajstić information content (AvgIpc) is 2.22. The van der Waals surface area contributed by atoms with Gasteiger partial charge in [-0.2, -0.15) is 8.42 Å². The highest BCUT2D eigenvalue weighted by Crippen LogP contribution is 2.22. The minimum atomic E-state index is -4.53. The number of hydrogen-bond donors (Lipinski definition) is 2. The van der Waals surface area contributed by atoms with Crippen LogP contribution in [0.4, 0.5) is 0 Å². The second-order valence-corrected chi connectivity index (χ2v) is 5.30. The van der Waals surface area contributed by atoms with E-state index in [2.05, 4.69) is 13.5 Å². The van der Waals surface area contributed by atoms with Crippen molar-refractivity contribution >= 4 is 22.1 Å². The molecule has 0 aliphatic carbocycles. The first kappa shape index (κ1) is 16.6. The van der Waals surface area contributed by atoms with Crippen LogP contribution >= 0.6 is 0 Å². The van der Waals surface area contributed by atoms with Gasteiger partial charge in [0.1, 0.15) is 6.10 Å². The lowest BCUT2D eigenvalue weighted by Crippen LogP contribution is -2.37. The molecule has 0 aliphatic heterocycles. The fourth-order valence-corrected chi connectivity index (χ4v) is 2.10. The summed E-state index contributed by atoms with van der Waals surface area (Å²) in [6.45, 7) is 7.67. The van der Waals surface area contributed by atoms with Gasteiger partial charge in [-0.3, -0.25) is 9.35 Å². The van der Waals surface area contributed by atoms with E-state index in [0.29, 0.717) is 0 Å². The molecular weight excluding hydrogens is 264 g/mol. The monoisotopic (exact) mass is 279 g/mol. The van der Waals surface area contributed by atoms with Gasteiger partial charge < -0.3 is 9.84 Å². The van der Waals surface area contributed by atoms with Crippen LogP contribution in [0, 0.1) is 12.8 Å². The highest BCUT2D eigenvalue weighted by molar-refractivity contribution is 7.86. The largest absolute Gasteiger partial charge is 0.481 e. The molecule has 0 fully saturated rings. The summed E-state index contributed by atoms with van der Waals surface area (Å²) in [4.78, 5) is 21.6. The Hall–Kier alpha value is -1.41. The van der Waals surface area contributed by atoms with Crippen molar-refractivity contribution in [2.45, 2.75) is 24.7 Å². The smallest absolute Gasteiger partial charge is 0.330 e. The first-order chi connectivity index (χ1) is 8.09. The molecule has 0 rings (SSSR count). The number of aliphatic carboxylic acids is 1. The third-order valence-electron chi connectivity index (χ3n) is 2.34. The van der Waals surface area contributed by atoms with E-state index in [4.69, 9.17) is 14.4 Å². The maximum atomic E-state index is 11.0. The summed E-state index contributed by atoms with van der Waals surface area (Å²) < 4.78 is 35.5. The fraction of sp³-hybridized carbons (Fsp3) is 0.500. The van der Waals surface area contributed by atoms with Crippen LogP contribution in [-0.2, 0) is 24.4 Å². The van der Waals surface area contributed by atoms with Crippen LogP contribution < -0.4 is 0 Å². The summed E-state index contributed by atoms with van der Waals surface area (Å²) in [7, 11) is -4.53. The van der Waals surface area contributed by atoms with Crippen LogP contribution in [0.3, 0.4) is 0 Å².